The summed E-state index contributed by atoms with van der Waals surface area (Å²) < 4.78 is 42.3. The van der Waals surface area contributed by atoms with E-state index in [0.29, 0.717) is 24.0 Å². The molecule has 3 fully saturated rings. The van der Waals surface area contributed by atoms with Gasteiger partial charge in [-0.1, -0.05) is 51.1 Å². The van der Waals surface area contributed by atoms with Crippen molar-refractivity contribution in [3.63, 3.8) is 0 Å². The van der Waals surface area contributed by atoms with Crippen molar-refractivity contribution in [1.29, 1.82) is 5.26 Å². The van der Waals surface area contributed by atoms with Crippen LogP contribution in [0.5, 0.6) is 0 Å². The maximum absolute atomic E-state index is 14.3. The molecule has 4 heterocycles. The average molecular weight is 578 g/mol. The van der Waals surface area contributed by atoms with Gasteiger partial charge in [0.25, 0.3) is 5.91 Å². The van der Waals surface area contributed by atoms with Crippen LogP contribution in [0, 0.1) is 11.3 Å². The van der Waals surface area contributed by atoms with Crippen molar-refractivity contribution in [3.8, 4) is 6.07 Å². The first-order chi connectivity index (χ1) is 19.8. The molecule has 3 amide bonds. The van der Waals surface area contributed by atoms with Crippen molar-refractivity contribution in [2.24, 2.45) is 0 Å². The van der Waals surface area contributed by atoms with Crippen LogP contribution in [0.3, 0.4) is 0 Å². The van der Waals surface area contributed by atoms with Crippen molar-refractivity contribution in [1.82, 2.24) is 14.7 Å². The predicted molar refractivity (Wildman–Crippen MR) is 144 cm³/mol. The van der Waals surface area contributed by atoms with E-state index in [4.69, 9.17) is 5.10 Å². The Labute approximate surface area is 239 Å². The number of ketones is 1. The average Bonchev–Trinajstić information content (AvgIpc) is 3.68. The molecule has 2 bridgehead atoms. The Kier molecular flexibility index (Phi) is 6.18. The van der Waals surface area contributed by atoms with E-state index in [0.717, 1.165) is 16.5 Å². The van der Waals surface area contributed by atoms with Gasteiger partial charge in [-0.2, -0.15) is 28.4 Å². The zero-order valence-corrected chi connectivity index (χ0v) is 23.2. The lowest BCUT2D eigenvalue weighted by Gasteiger charge is -2.32. The highest BCUT2D eigenvalue weighted by Crippen LogP contribution is 2.45. The van der Waals surface area contributed by atoms with Crippen LogP contribution in [0.25, 0.3) is 0 Å². The number of halogens is 3. The van der Waals surface area contributed by atoms with Crippen molar-refractivity contribution in [2.45, 2.75) is 51.0 Å². The molecule has 3 aromatic rings. The summed E-state index contributed by atoms with van der Waals surface area (Å²) in [5.74, 6) is -1.01. The normalized spacial score (nSPS) is 25.2. The number of carbonyl (C=O) groups excluding carboxylic acids is 3. The Morgan fingerprint density at radius 3 is 2.43 bits per heavy atom. The Hall–Kier alpha value is -4.34. The van der Waals surface area contributed by atoms with Crippen molar-refractivity contribution < 1.29 is 32.0 Å². The molecule has 4 atom stereocenters. The van der Waals surface area contributed by atoms with Crippen molar-refractivity contribution in [3.05, 3.63) is 82.7 Å². The summed E-state index contributed by atoms with van der Waals surface area (Å²) in [7, 11) is 0. The van der Waals surface area contributed by atoms with Crippen molar-refractivity contribution in [2.75, 3.05) is 24.7 Å². The summed E-state index contributed by atoms with van der Waals surface area (Å²) in [6.45, 7) is 6.80. The number of amides is 3. The zero-order chi connectivity index (χ0) is 30.2. The summed E-state index contributed by atoms with van der Waals surface area (Å²) in [5.41, 5.74) is -0.550. The zero-order valence-electron chi connectivity index (χ0n) is 23.2. The Morgan fingerprint density at radius 2 is 1.79 bits per heavy atom. The van der Waals surface area contributed by atoms with E-state index in [1.165, 1.54) is 12.1 Å². The van der Waals surface area contributed by atoms with Gasteiger partial charge in [0.05, 0.1) is 48.2 Å². The van der Waals surface area contributed by atoms with Crippen molar-refractivity contribution >= 4 is 23.4 Å². The number of fused-ring (bicyclic) bond motifs is 1. The highest BCUT2D eigenvalue weighted by Gasteiger charge is 2.73. The minimum Gasteiger partial charge on any atom is -0.286 e. The van der Waals surface area contributed by atoms with Crippen LogP contribution in [0.2, 0.25) is 0 Å². The molecule has 0 aliphatic carbocycles. The number of alkyl halides is 3. The van der Waals surface area contributed by atoms with Gasteiger partial charge in [0.15, 0.2) is 12.1 Å². The molecule has 6 rings (SSSR count). The number of anilines is 1. The van der Waals surface area contributed by atoms with Gasteiger partial charge in [-0.15, -0.1) is 0 Å². The fourth-order valence-corrected chi connectivity index (χ4v) is 6.31. The summed E-state index contributed by atoms with van der Waals surface area (Å²) in [4.78, 5) is 44.7. The first kappa shape index (κ1) is 27.8. The third kappa shape index (κ3) is 4.15. The van der Waals surface area contributed by atoms with E-state index in [-0.39, 0.29) is 36.6 Å². The lowest BCUT2D eigenvalue weighted by atomic mass is 9.91. The summed E-state index contributed by atoms with van der Waals surface area (Å²) in [6, 6.07) is 12.9. The third-order valence-corrected chi connectivity index (χ3v) is 8.43. The van der Waals surface area contributed by atoms with E-state index in [9.17, 15) is 32.8 Å². The smallest absolute Gasteiger partial charge is 0.286 e. The van der Waals surface area contributed by atoms with Crippen LogP contribution in [0.1, 0.15) is 53.6 Å². The maximum atomic E-state index is 14.3. The molecule has 3 aliphatic rings. The third-order valence-electron chi connectivity index (χ3n) is 8.43. The maximum Gasteiger partial charge on any atom is 0.433 e. The lowest BCUT2D eigenvalue weighted by molar-refractivity contribution is -0.852. The highest BCUT2D eigenvalue weighted by molar-refractivity contribution is 6.19. The molecule has 0 radical (unpaired) electrons. The first-order valence-electron chi connectivity index (χ1n) is 13.5. The molecule has 4 unspecified atom stereocenters. The molecule has 216 valence electrons. The molecule has 2 aromatic carbocycles. The molecule has 3 saturated heterocycles. The van der Waals surface area contributed by atoms with Gasteiger partial charge in [0.1, 0.15) is 12.4 Å². The fourth-order valence-electron chi connectivity index (χ4n) is 6.31. The fraction of sp³-hybridized carbons (Fsp3) is 0.367. The number of nitrogens with zero attached hydrogens (tertiary/aromatic N) is 6. The molecule has 42 heavy (non-hydrogen) atoms. The molecule has 3 aliphatic heterocycles. The number of aromatic nitrogens is 2. The predicted octanol–water partition coefficient (Wildman–Crippen LogP) is 4.31. The van der Waals surface area contributed by atoms with Crippen LogP contribution in [0.15, 0.2) is 54.6 Å². The van der Waals surface area contributed by atoms with Gasteiger partial charge >= 0.3 is 12.2 Å². The van der Waals surface area contributed by atoms with Gasteiger partial charge in [-0.3, -0.25) is 14.3 Å². The van der Waals surface area contributed by atoms with Crippen LogP contribution in [0.4, 0.5) is 23.7 Å². The number of rotatable bonds is 5. The van der Waals surface area contributed by atoms with Gasteiger partial charge in [-0.05, 0) is 29.8 Å². The quantitative estimate of drug-likeness (QED) is 0.255. The van der Waals surface area contributed by atoms with Crippen LogP contribution < -0.4 is 4.90 Å². The number of carbonyl (C=O) groups is 3. The molecule has 0 N–H and O–H groups in total. The van der Waals surface area contributed by atoms with Crippen LogP contribution in [-0.4, -0.2) is 68.7 Å². The SMILES string of the molecule is CC(C)(C)c1cc(C(=O)C2CN3CC4C(=O)N(c5ccc(C#N)c(C(F)(F)F)c5)C(=O)[N+]24C3)n(Cc2ccccc2)n1. The second-order valence-electron chi connectivity index (χ2n) is 12.1. The van der Waals surface area contributed by atoms with E-state index >= 15 is 0 Å². The number of urea groups is 1. The van der Waals surface area contributed by atoms with Gasteiger partial charge < -0.3 is 0 Å². The molecule has 9 nitrogen and oxygen atoms in total. The molecule has 12 heteroatoms. The second kappa shape index (κ2) is 9.34. The molecule has 1 spiro atoms. The number of quaternary nitrogens is 1. The van der Waals surface area contributed by atoms with Gasteiger partial charge in [0, 0.05) is 5.41 Å². The molecular weight excluding hydrogens is 549 g/mol. The number of hydrogen-bond acceptors (Lipinski definition) is 6. The Balaban J connectivity index is 1.40. The van der Waals surface area contributed by atoms with Gasteiger partial charge in [0.2, 0.25) is 5.78 Å². The highest BCUT2D eigenvalue weighted by atomic mass is 19.4. The number of benzene rings is 2. The minimum absolute atomic E-state index is 0.101. The van der Waals surface area contributed by atoms with E-state index in [1.807, 2.05) is 56.0 Å². The number of imide groups is 1. The van der Waals surface area contributed by atoms with Crippen LogP contribution in [-0.2, 0) is 22.9 Å². The monoisotopic (exact) mass is 577 g/mol. The summed E-state index contributed by atoms with van der Waals surface area (Å²) >= 11 is 0. The van der Waals surface area contributed by atoms with E-state index in [2.05, 4.69) is 0 Å². The second-order valence-corrected chi connectivity index (χ2v) is 12.1. The first-order valence-corrected chi connectivity index (χ1v) is 13.5. The minimum atomic E-state index is -4.86. The Bertz CT molecular complexity index is 1670. The topological polar surface area (TPSA) is 99.3 Å². The molecular formula is C30H28F3N6O3+. The van der Waals surface area contributed by atoms with Crippen LogP contribution >= 0.6 is 0 Å². The van der Waals surface area contributed by atoms with E-state index in [1.54, 1.807) is 10.7 Å². The largest absolute Gasteiger partial charge is 0.433 e. The summed E-state index contributed by atoms with van der Waals surface area (Å²) in [6.07, 6.45) is -4.86. The summed E-state index contributed by atoms with van der Waals surface area (Å²) in [5, 5.41) is 13.9. The number of piperazine rings is 1. The Morgan fingerprint density at radius 1 is 1.07 bits per heavy atom. The standard InChI is InChI=1S/C30H28F3N6O3/c1-29(2,3)25-12-22(37(35-25)14-18-7-5-4-6-8-18)26(40)23-15-36-16-24-27(41)38(28(42)39(23,24)17-36)20-10-9-19(13-34)21(11-20)30(31,32)33/h4-12,23-24H,14-17H2,1-3H3/q+1. The number of hydrogen-bond donors (Lipinski definition) is 0. The number of nitriles is 1. The molecule has 1 aromatic heterocycles. The van der Waals surface area contributed by atoms with Gasteiger partial charge in [-0.25, -0.2) is 14.2 Å². The van der Waals surface area contributed by atoms with E-state index < -0.39 is 45.8 Å². The number of Topliss-reactive ketones (excluding diaryl/α,β-unsaturated/α-hetero) is 1. The molecule has 0 saturated carbocycles. The lowest BCUT2D eigenvalue weighted by Crippen LogP contribution is -2.62.